The molecule has 0 atom stereocenters. The second kappa shape index (κ2) is 7.80. The van der Waals surface area contributed by atoms with Crippen LogP contribution >= 0.6 is 11.6 Å². The van der Waals surface area contributed by atoms with Crippen molar-refractivity contribution in [1.82, 2.24) is 15.1 Å². The fourth-order valence-corrected chi connectivity index (χ4v) is 2.11. The normalized spacial score (nSPS) is 11.4. The van der Waals surface area contributed by atoms with Gasteiger partial charge in [0.15, 0.2) is 0 Å². The van der Waals surface area contributed by atoms with Gasteiger partial charge in [-0.2, -0.15) is 5.10 Å². The van der Waals surface area contributed by atoms with E-state index < -0.39 is 0 Å². The first-order valence-electron chi connectivity index (χ1n) is 6.92. The number of hydrogen-bond donors (Lipinski definition) is 1. The molecule has 1 aromatic heterocycles. The average Bonchev–Trinajstić information content (AvgIpc) is 2.55. The van der Waals surface area contributed by atoms with E-state index >= 15 is 0 Å². The van der Waals surface area contributed by atoms with Gasteiger partial charge in [-0.1, -0.05) is 31.9 Å². The Morgan fingerprint density at radius 2 is 1.94 bits per heavy atom. The summed E-state index contributed by atoms with van der Waals surface area (Å²) in [5, 5.41) is 8.71. The highest BCUT2D eigenvalue weighted by molar-refractivity contribution is 6.31. The molecule has 0 bridgehead atoms. The molecule has 104 valence electrons. The molecule has 0 saturated carbocycles. The summed E-state index contributed by atoms with van der Waals surface area (Å²) in [7, 11) is 0. The van der Waals surface area contributed by atoms with Gasteiger partial charge in [-0.3, -0.25) is 4.68 Å². The number of nitrogens with zero attached hydrogens (tertiary/aromatic N) is 2. The Labute approximate surface area is 116 Å². The molecule has 0 saturated heterocycles. The quantitative estimate of drug-likeness (QED) is 0.733. The van der Waals surface area contributed by atoms with Crippen LogP contribution in [0.5, 0.6) is 0 Å². The molecule has 0 aliphatic carbocycles. The maximum atomic E-state index is 6.12. The van der Waals surface area contributed by atoms with Gasteiger partial charge >= 0.3 is 0 Å². The molecule has 1 rings (SSSR count). The van der Waals surface area contributed by atoms with E-state index in [-0.39, 0.29) is 0 Å². The number of aromatic nitrogens is 2. The molecule has 4 heteroatoms. The first kappa shape index (κ1) is 15.5. The summed E-state index contributed by atoms with van der Waals surface area (Å²) in [6, 6.07) is 0. The Hall–Kier alpha value is -0.540. The van der Waals surface area contributed by atoms with Crippen molar-refractivity contribution in [2.75, 3.05) is 13.1 Å². The largest absolute Gasteiger partial charge is 0.316 e. The number of aryl methyl sites for hydroxylation is 2. The first-order chi connectivity index (χ1) is 8.52. The van der Waals surface area contributed by atoms with E-state index in [1.165, 1.54) is 19.3 Å². The van der Waals surface area contributed by atoms with Crippen LogP contribution in [0.25, 0.3) is 0 Å². The second-order valence-electron chi connectivity index (χ2n) is 5.37. The zero-order valence-electron chi connectivity index (χ0n) is 12.1. The van der Waals surface area contributed by atoms with Gasteiger partial charge in [0.25, 0.3) is 0 Å². The maximum absolute atomic E-state index is 6.12. The third-order valence-electron chi connectivity index (χ3n) is 3.07. The molecule has 3 nitrogen and oxygen atoms in total. The minimum absolute atomic E-state index is 0.738. The van der Waals surface area contributed by atoms with Crippen molar-refractivity contribution in [2.45, 2.75) is 53.5 Å². The molecule has 1 aromatic rings. The fourth-order valence-electron chi connectivity index (χ4n) is 1.97. The summed E-state index contributed by atoms with van der Waals surface area (Å²) in [6.45, 7) is 11.7. The highest BCUT2D eigenvalue weighted by Crippen LogP contribution is 2.19. The van der Waals surface area contributed by atoms with Crippen LogP contribution in [-0.4, -0.2) is 22.9 Å². The fraction of sp³-hybridized carbons (Fsp3) is 0.786. The van der Waals surface area contributed by atoms with Crippen LogP contribution in [-0.2, 0) is 6.54 Å². The molecule has 0 fully saturated rings. The summed E-state index contributed by atoms with van der Waals surface area (Å²) in [6.07, 6.45) is 3.64. The third-order valence-corrected chi connectivity index (χ3v) is 3.62. The number of nitrogens with one attached hydrogen (secondary N) is 1. The van der Waals surface area contributed by atoms with Gasteiger partial charge in [0.2, 0.25) is 0 Å². The van der Waals surface area contributed by atoms with E-state index in [0.717, 1.165) is 42.0 Å². The lowest BCUT2D eigenvalue weighted by atomic mass is 10.2. The summed E-state index contributed by atoms with van der Waals surface area (Å²) in [5.41, 5.74) is 2.03. The van der Waals surface area contributed by atoms with Gasteiger partial charge in [-0.15, -0.1) is 0 Å². The Morgan fingerprint density at radius 3 is 2.50 bits per heavy atom. The molecule has 0 aliphatic rings. The zero-order valence-corrected chi connectivity index (χ0v) is 12.8. The summed E-state index contributed by atoms with van der Waals surface area (Å²) >= 11 is 6.12. The van der Waals surface area contributed by atoms with E-state index in [2.05, 4.69) is 24.3 Å². The molecule has 0 unspecified atom stereocenters. The topological polar surface area (TPSA) is 29.9 Å². The molecule has 0 amide bonds. The predicted octanol–water partition coefficient (Wildman–Crippen LogP) is 3.57. The van der Waals surface area contributed by atoms with Gasteiger partial charge in [0, 0.05) is 6.54 Å². The Morgan fingerprint density at radius 1 is 1.22 bits per heavy atom. The molecule has 0 aromatic carbocycles. The Kier molecular flexibility index (Phi) is 6.72. The van der Waals surface area contributed by atoms with Crippen LogP contribution in [0, 0.1) is 19.8 Å². The maximum Gasteiger partial charge on any atom is 0.0844 e. The Balaban J connectivity index is 2.13. The first-order valence-corrected chi connectivity index (χ1v) is 7.30. The van der Waals surface area contributed by atoms with Crippen LogP contribution in [0.15, 0.2) is 0 Å². The van der Waals surface area contributed by atoms with Gasteiger partial charge < -0.3 is 5.32 Å². The number of hydrogen-bond acceptors (Lipinski definition) is 2. The summed E-state index contributed by atoms with van der Waals surface area (Å²) in [4.78, 5) is 0. The van der Waals surface area contributed by atoms with E-state index in [0.29, 0.717) is 0 Å². The van der Waals surface area contributed by atoms with Gasteiger partial charge in [-0.25, -0.2) is 0 Å². The predicted molar refractivity (Wildman–Crippen MR) is 78.3 cm³/mol. The number of rotatable bonds is 8. The lowest BCUT2D eigenvalue weighted by molar-refractivity contribution is 0.501. The van der Waals surface area contributed by atoms with E-state index in [1.54, 1.807) is 0 Å². The lowest BCUT2D eigenvalue weighted by Crippen LogP contribution is -2.20. The van der Waals surface area contributed by atoms with Crippen LogP contribution in [0.1, 0.15) is 44.5 Å². The van der Waals surface area contributed by atoms with Crippen molar-refractivity contribution in [3.63, 3.8) is 0 Å². The summed E-state index contributed by atoms with van der Waals surface area (Å²) in [5.74, 6) is 0.738. The van der Waals surface area contributed by atoms with Crippen LogP contribution in [0.4, 0.5) is 0 Å². The molecule has 0 spiro atoms. The molecule has 0 radical (unpaired) electrons. The van der Waals surface area contributed by atoms with Gasteiger partial charge in [0.1, 0.15) is 0 Å². The van der Waals surface area contributed by atoms with E-state index in [4.69, 9.17) is 11.6 Å². The van der Waals surface area contributed by atoms with Crippen molar-refractivity contribution in [3.8, 4) is 0 Å². The monoisotopic (exact) mass is 271 g/mol. The highest BCUT2D eigenvalue weighted by Gasteiger charge is 2.07. The van der Waals surface area contributed by atoms with Crippen molar-refractivity contribution in [2.24, 2.45) is 5.92 Å². The van der Waals surface area contributed by atoms with Crippen LogP contribution < -0.4 is 5.32 Å². The number of unbranched alkanes of at least 4 members (excludes halogenated alkanes) is 2. The number of halogens is 1. The molecule has 1 N–H and O–H groups in total. The molecule has 1 heterocycles. The highest BCUT2D eigenvalue weighted by atomic mass is 35.5. The van der Waals surface area contributed by atoms with Crippen molar-refractivity contribution in [3.05, 3.63) is 16.4 Å². The zero-order chi connectivity index (χ0) is 13.5. The Bertz CT molecular complexity index is 358. The minimum Gasteiger partial charge on any atom is -0.316 e. The molecular formula is C14H26ClN3. The SMILES string of the molecule is Cc1nn(CCCCCNCC(C)C)c(C)c1Cl. The van der Waals surface area contributed by atoms with Crippen molar-refractivity contribution < 1.29 is 0 Å². The van der Waals surface area contributed by atoms with E-state index in [1.807, 2.05) is 18.5 Å². The van der Waals surface area contributed by atoms with Gasteiger partial charge in [-0.05, 0) is 45.7 Å². The third kappa shape index (κ3) is 4.99. The van der Waals surface area contributed by atoms with Crippen molar-refractivity contribution >= 4 is 11.6 Å². The molecular weight excluding hydrogens is 246 g/mol. The van der Waals surface area contributed by atoms with Crippen LogP contribution in [0.3, 0.4) is 0 Å². The van der Waals surface area contributed by atoms with Crippen molar-refractivity contribution in [1.29, 1.82) is 0 Å². The average molecular weight is 272 g/mol. The van der Waals surface area contributed by atoms with E-state index in [9.17, 15) is 0 Å². The molecule has 18 heavy (non-hydrogen) atoms. The smallest absolute Gasteiger partial charge is 0.0844 e. The molecule has 0 aliphatic heterocycles. The van der Waals surface area contributed by atoms with Crippen LogP contribution in [0.2, 0.25) is 5.02 Å². The second-order valence-corrected chi connectivity index (χ2v) is 5.74. The minimum atomic E-state index is 0.738. The standard InChI is InChI=1S/C14H26ClN3/c1-11(2)10-16-8-6-5-7-9-18-13(4)14(15)12(3)17-18/h11,16H,5-10H2,1-4H3. The lowest BCUT2D eigenvalue weighted by Gasteiger charge is -2.07. The summed E-state index contributed by atoms with van der Waals surface area (Å²) < 4.78 is 2.03. The van der Waals surface area contributed by atoms with Gasteiger partial charge in [0.05, 0.1) is 16.4 Å².